The number of benzene rings is 7. The molecule has 49 heavy (non-hydrogen) atoms. The minimum atomic E-state index is 0.671. The van der Waals surface area contributed by atoms with Gasteiger partial charge in [-0.2, -0.15) is 0 Å². The summed E-state index contributed by atoms with van der Waals surface area (Å²) in [6, 6.07) is 49.6. The fourth-order valence-electron chi connectivity index (χ4n) is 7.32. The van der Waals surface area contributed by atoms with Crippen LogP contribution in [0.5, 0.6) is 0 Å². The Labute approximate surface area is 292 Å². The zero-order chi connectivity index (χ0) is 32.1. The molecule has 228 valence electrons. The second-order valence-corrected chi connectivity index (χ2v) is 15.5. The lowest BCUT2D eigenvalue weighted by molar-refractivity contribution is 1.07. The van der Waals surface area contributed by atoms with Crippen LogP contribution in [0.2, 0.25) is 0 Å². The van der Waals surface area contributed by atoms with E-state index in [0.29, 0.717) is 17.5 Å². The Bertz CT molecular complexity index is 3040. The molecule has 3 nitrogen and oxygen atoms in total. The zero-order valence-corrected chi connectivity index (χ0v) is 28.3. The number of fused-ring (bicyclic) bond motifs is 14. The molecule has 0 saturated heterocycles. The first-order chi connectivity index (χ1) is 24.3. The molecule has 0 N–H and O–H groups in total. The highest BCUT2D eigenvalue weighted by Crippen LogP contribution is 2.52. The van der Waals surface area contributed by atoms with Crippen molar-refractivity contribution < 1.29 is 0 Å². The standard InChI is InChI=1S/C43H23N3S3/c1-3-11-24(12-4-1)41-44-42(25-13-5-2-6-14-25)46-43(45-41)26-19-21-33-30(23-26)38-39(48-33)29-20-22-34-35(27-15-7-9-17-31(27)47-34)36(29)37-28-16-8-10-18-32(28)49-40(37)38/h1-23H. The van der Waals surface area contributed by atoms with Gasteiger partial charge in [0.05, 0.1) is 0 Å². The molecule has 0 aliphatic rings. The SMILES string of the molecule is c1ccc(-c2nc(-c3ccccc3)nc(-c3ccc4sc5c6ccc7sc8ccccc8c7c6c6c7ccccc7sc6c5c4c3)n2)cc1. The first-order valence-electron chi connectivity index (χ1n) is 16.2. The fourth-order valence-corrected chi connectivity index (χ4v) is 11.0. The van der Waals surface area contributed by atoms with E-state index in [0.717, 1.165) is 16.7 Å². The summed E-state index contributed by atoms with van der Waals surface area (Å²) in [5, 5.41) is 10.7. The van der Waals surface area contributed by atoms with Crippen LogP contribution in [0.3, 0.4) is 0 Å². The van der Waals surface area contributed by atoms with Crippen LogP contribution in [-0.2, 0) is 0 Å². The number of aromatic nitrogens is 3. The minimum Gasteiger partial charge on any atom is -0.208 e. The Balaban J connectivity index is 1.24. The zero-order valence-electron chi connectivity index (χ0n) is 25.8. The molecule has 0 unspecified atom stereocenters. The number of hydrogen-bond acceptors (Lipinski definition) is 6. The Kier molecular flexibility index (Phi) is 5.87. The van der Waals surface area contributed by atoms with Gasteiger partial charge >= 0.3 is 0 Å². The predicted octanol–water partition coefficient (Wildman–Crippen LogP) is 13.1. The highest BCUT2D eigenvalue weighted by molar-refractivity contribution is 7.31. The van der Waals surface area contributed by atoms with Crippen molar-refractivity contribution in [1.29, 1.82) is 0 Å². The summed E-state index contributed by atoms with van der Waals surface area (Å²) < 4.78 is 7.94. The van der Waals surface area contributed by atoms with Crippen LogP contribution in [0, 0.1) is 0 Å². The molecule has 11 rings (SSSR count). The molecule has 6 heteroatoms. The second-order valence-electron chi connectivity index (χ2n) is 12.3. The summed E-state index contributed by atoms with van der Waals surface area (Å²) >= 11 is 5.70. The van der Waals surface area contributed by atoms with Crippen molar-refractivity contribution in [2.75, 3.05) is 0 Å². The highest BCUT2D eigenvalue weighted by Gasteiger charge is 2.22. The van der Waals surface area contributed by atoms with Gasteiger partial charge in [-0.25, -0.2) is 15.0 Å². The molecule has 0 atom stereocenters. The van der Waals surface area contributed by atoms with E-state index in [1.807, 2.05) is 70.4 Å². The molecule has 0 spiro atoms. The summed E-state index contributed by atoms with van der Waals surface area (Å²) in [6.45, 7) is 0. The topological polar surface area (TPSA) is 38.7 Å². The van der Waals surface area contributed by atoms with Gasteiger partial charge in [-0.05, 0) is 36.4 Å². The summed E-state index contributed by atoms with van der Waals surface area (Å²) in [6.07, 6.45) is 0. The van der Waals surface area contributed by atoms with Gasteiger partial charge in [0.25, 0.3) is 0 Å². The second kappa shape index (κ2) is 10.5. The molecule has 0 saturated carbocycles. The van der Waals surface area contributed by atoms with Gasteiger partial charge < -0.3 is 0 Å². The van der Waals surface area contributed by atoms with E-state index in [1.54, 1.807) is 0 Å². The number of thiophene rings is 3. The quantitative estimate of drug-likeness (QED) is 0.187. The van der Waals surface area contributed by atoms with Gasteiger partial charge in [0.15, 0.2) is 17.5 Å². The molecular formula is C43H23N3S3. The van der Waals surface area contributed by atoms with Gasteiger partial charge in [-0.15, -0.1) is 34.0 Å². The first kappa shape index (κ1) is 27.4. The maximum atomic E-state index is 5.06. The van der Waals surface area contributed by atoms with Gasteiger partial charge in [0.2, 0.25) is 0 Å². The van der Waals surface area contributed by atoms with Crippen LogP contribution in [0.25, 0.3) is 105 Å². The van der Waals surface area contributed by atoms with E-state index in [1.165, 1.54) is 71.3 Å². The third-order valence-corrected chi connectivity index (χ3v) is 13.0. The van der Waals surface area contributed by atoms with Crippen molar-refractivity contribution >= 4 is 105 Å². The van der Waals surface area contributed by atoms with E-state index in [2.05, 4.69) is 103 Å². The molecule has 0 aliphatic carbocycles. The third-order valence-electron chi connectivity index (χ3n) is 9.51. The van der Waals surface area contributed by atoms with Crippen molar-refractivity contribution in [3.05, 3.63) is 140 Å². The molecule has 7 aromatic carbocycles. The molecule has 4 aromatic heterocycles. The van der Waals surface area contributed by atoms with Gasteiger partial charge in [0.1, 0.15) is 0 Å². The minimum absolute atomic E-state index is 0.671. The van der Waals surface area contributed by atoms with Crippen molar-refractivity contribution in [2.24, 2.45) is 0 Å². The van der Waals surface area contributed by atoms with Gasteiger partial charge in [0, 0.05) is 88.0 Å². The molecule has 0 amide bonds. The first-order valence-corrected chi connectivity index (χ1v) is 18.6. The van der Waals surface area contributed by atoms with Crippen LogP contribution >= 0.6 is 34.0 Å². The van der Waals surface area contributed by atoms with Crippen LogP contribution in [0.15, 0.2) is 140 Å². The van der Waals surface area contributed by atoms with Crippen LogP contribution in [0.4, 0.5) is 0 Å². The lowest BCUT2D eigenvalue weighted by Gasteiger charge is -2.09. The number of hydrogen-bond donors (Lipinski definition) is 0. The Hall–Kier alpha value is -5.53. The third kappa shape index (κ3) is 4.09. The van der Waals surface area contributed by atoms with Crippen LogP contribution in [0.1, 0.15) is 0 Å². The lowest BCUT2D eigenvalue weighted by atomic mass is 9.96. The molecular weight excluding hydrogens is 655 g/mol. The summed E-state index contributed by atoms with van der Waals surface area (Å²) in [7, 11) is 0. The lowest BCUT2D eigenvalue weighted by Crippen LogP contribution is -2.00. The monoisotopic (exact) mass is 677 g/mol. The molecule has 11 aromatic rings. The van der Waals surface area contributed by atoms with Gasteiger partial charge in [-0.3, -0.25) is 0 Å². The van der Waals surface area contributed by atoms with Crippen molar-refractivity contribution in [3.63, 3.8) is 0 Å². The summed E-state index contributed by atoms with van der Waals surface area (Å²) in [5.41, 5.74) is 2.92. The largest absolute Gasteiger partial charge is 0.208 e. The maximum Gasteiger partial charge on any atom is 0.164 e. The fraction of sp³-hybridized carbons (Fsp3) is 0. The Morgan fingerprint density at radius 1 is 0.306 bits per heavy atom. The summed E-state index contributed by atoms with van der Waals surface area (Å²) in [4.78, 5) is 15.0. The predicted molar refractivity (Wildman–Crippen MR) is 212 cm³/mol. The maximum absolute atomic E-state index is 5.06. The summed E-state index contributed by atoms with van der Waals surface area (Å²) in [5.74, 6) is 2.02. The van der Waals surface area contributed by atoms with Crippen molar-refractivity contribution in [3.8, 4) is 34.2 Å². The van der Waals surface area contributed by atoms with E-state index >= 15 is 0 Å². The number of rotatable bonds is 3. The normalized spacial score (nSPS) is 12.1. The average molecular weight is 678 g/mol. The van der Waals surface area contributed by atoms with Gasteiger partial charge in [-0.1, -0.05) is 103 Å². The average Bonchev–Trinajstić information content (AvgIpc) is 3.86. The molecule has 0 fully saturated rings. The van der Waals surface area contributed by atoms with E-state index < -0.39 is 0 Å². The molecule has 4 heterocycles. The van der Waals surface area contributed by atoms with Crippen LogP contribution < -0.4 is 0 Å². The van der Waals surface area contributed by atoms with E-state index in [9.17, 15) is 0 Å². The van der Waals surface area contributed by atoms with Crippen LogP contribution in [-0.4, -0.2) is 15.0 Å². The molecule has 0 radical (unpaired) electrons. The van der Waals surface area contributed by atoms with E-state index in [-0.39, 0.29) is 0 Å². The highest BCUT2D eigenvalue weighted by atomic mass is 32.1. The molecule has 0 bridgehead atoms. The smallest absolute Gasteiger partial charge is 0.164 e. The van der Waals surface area contributed by atoms with E-state index in [4.69, 9.17) is 15.0 Å². The Morgan fingerprint density at radius 3 is 1.53 bits per heavy atom. The van der Waals surface area contributed by atoms with Crippen molar-refractivity contribution in [2.45, 2.75) is 0 Å². The van der Waals surface area contributed by atoms with Crippen molar-refractivity contribution in [1.82, 2.24) is 15.0 Å². The molecule has 0 aliphatic heterocycles. The number of nitrogens with zero attached hydrogens (tertiary/aromatic N) is 3. The Morgan fingerprint density at radius 2 is 0.837 bits per heavy atom.